The lowest BCUT2D eigenvalue weighted by molar-refractivity contribution is -0.138. The van der Waals surface area contributed by atoms with E-state index in [-0.39, 0.29) is 30.1 Å². The summed E-state index contributed by atoms with van der Waals surface area (Å²) in [5.74, 6) is 1.41. The van der Waals surface area contributed by atoms with Crippen molar-refractivity contribution in [1.29, 1.82) is 0 Å². The zero-order chi connectivity index (χ0) is 30.4. The van der Waals surface area contributed by atoms with E-state index in [2.05, 4.69) is 29.4 Å². The van der Waals surface area contributed by atoms with Crippen molar-refractivity contribution in [1.82, 2.24) is 15.1 Å². The molecule has 1 saturated heterocycles. The number of likely N-dealkylation sites (N-methyl/N-ethyl adjacent to an activating group) is 1. The summed E-state index contributed by atoms with van der Waals surface area (Å²) in [4.78, 5) is 36.0. The number of amides is 2. The molecule has 0 spiro atoms. The van der Waals surface area contributed by atoms with Gasteiger partial charge in [-0.1, -0.05) is 32.3 Å². The lowest BCUT2D eigenvalue weighted by Gasteiger charge is -2.39. The molecular weight excluding hydrogens is 530 g/mol. The Morgan fingerprint density at radius 3 is 2.50 bits per heavy atom. The Balaban J connectivity index is 1.58. The molecule has 2 unspecified atom stereocenters. The van der Waals surface area contributed by atoms with Crippen LogP contribution in [-0.2, 0) is 4.79 Å². The maximum atomic E-state index is 13.7. The first-order valence-electron chi connectivity index (χ1n) is 15.8. The van der Waals surface area contributed by atoms with Crippen LogP contribution in [0.5, 0.6) is 5.75 Å². The van der Waals surface area contributed by atoms with Crippen LogP contribution in [0.1, 0.15) is 102 Å². The van der Waals surface area contributed by atoms with Gasteiger partial charge in [0.1, 0.15) is 17.8 Å². The summed E-state index contributed by atoms with van der Waals surface area (Å²) in [5.41, 5.74) is 1.62. The minimum absolute atomic E-state index is 0.0765. The number of nitrogens with one attached hydrogen (secondary N) is 2. The van der Waals surface area contributed by atoms with Gasteiger partial charge in [0.05, 0.1) is 30.0 Å². The molecule has 4 rings (SSSR count). The van der Waals surface area contributed by atoms with E-state index in [1.807, 2.05) is 33.0 Å². The second-order valence-electron chi connectivity index (χ2n) is 12.5. The number of aliphatic hydroxyl groups is 1. The van der Waals surface area contributed by atoms with Crippen LogP contribution in [0.2, 0.25) is 0 Å². The molecule has 2 aliphatic carbocycles. The lowest BCUT2D eigenvalue weighted by atomic mass is 9.84. The maximum Gasteiger partial charge on any atom is 0.251 e. The van der Waals surface area contributed by atoms with Gasteiger partial charge in [-0.3, -0.25) is 9.59 Å². The molecule has 42 heavy (non-hydrogen) atoms. The van der Waals surface area contributed by atoms with Crippen LogP contribution < -0.4 is 15.4 Å². The highest BCUT2D eigenvalue weighted by molar-refractivity contribution is 6.04. The van der Waals surface area contributed by atoms with Gasteiger partial charge in [0.15, 0.2) is 0 Å². The standard InChI is InChI=1S/C33H51N5O4/c1-7-28-30(38(25-12-10-9-11-13-25)21-33(4,8-2)32(41)37(28)5)35-22(3)34-27-19-14-23(20-29(27)42-6)31(40)36-24-15-17-26(39)18-16-24/h7,14,19-20,22,24-26,34,39H,8-13,15-18,21H2,1-6H3,(H,36,40)/b28-7+,35-30+/t22?,24-,26-,33?. The highest BCUT2D eigenvalue weighted by atomic mass is 16.5. The fourth-order valence-electron chi connectivity index (χ4n) is 6.63. The number of anilines is 1. The number of rotatable bonds is 8. The van der Waals surface area contributed by atoms with Crippen molar-refractivity contribution in [2.75, 3.05) is 26.0 Å². The van der Waals surface area contributed by atoms with Gasteiger partial charge in [-0.2, -0.15) is 0 Å². The SMILES string of the molecule is C/C=C1\C(=N/C(C)Nc2ccc(C(=O)N[C@H]3CC[C@H](O)CC3)cc2OC)N(C2CCCCC2)CC(C)(CC)C(=O)N1C. The normalized spacial score (nSPS) is 28.5. The number of amidine groups is 1. The van der Waals surface area contributed by atoms with Gasteiger partial charge < -0.3 is 30.3 Å². The van der Waals surface area contributed by atoms with Crippen LogP contribution in [-0.4, -0.2) is 77.6 Å². The molecule has 0 aromatic heterocycles. The number of hydrogen-bond acceptors (Lipinski definition) is 6. The Hall–Kier alpha value is -3.07. The number of carbonyl (C=O) groups is 2. The van der Waals surface area contributed by atoms with Crippen molar-refractivity contribution in [2.45, 2.75) is 116 Å². The van der Waals surface area contributed by atoms with Gasteiger partial charge in [0, 0.05) is 31.2 Å². The van der Waals surface area contributed by atoms with E-state index in [0.717, 1.165) is 49.3 Å². The number of benzene rings is 1. The molecule has 2 saturated carbocycles. The van der Waals surface area contributed by atoms with E-state index in [1.54, 1.807) is 24.1 Å². The summed E-state index contributed by atoms with van der Waals surface area (Å²) in [7, 11) is 3.47. The van der Waals surface area contributed by atoms with E-state index in [1.165, 1.54) is 19.3 Å². The summed E-state index contributed by atoms with van der Waals surface area (Å²) in [6, 6.07) is 5.85. The number of allylic oxidation sites excluding steroid dienone is 1. The topological polar surface area (TPSA) is 106 Å². The fourth-order valence-corrected chi connectivity index (χ4v) is 6.63. The zero-order valence-corrected chi connectivity index (χ0v) is 26.4. The van der Waals surface area contributed by atoms with Crippen LogP contribution in [0, 0.1) is 5.41 Å². The molecule has 2 atom stereocenters. The van der Waals surface area contributed by atoms with E-state index in [4.69, 9.17) is 9.73 Å². The van der Waals surface area contributed by atoms with E-state index < -0.39 is 5.41 Å². The summed E-state index contributed by atoms with van der Waals surface area (Å²) in [6.45, 7) is 8.81. The quantitative estimate of drug-likeness (QED) is 0.384. The summed E-state index contributed by atoms with van der Waals surface area (Å²) in [6.07, 6.45) is 11.0. The molecule has 9 heteroatoms. The second-order valence-corrected chi connectivity index (χ2v) is 12.5. The van der Waals surface area contributed by atoms with Crippen LogP contribution >= 0.6 is 0 Å². The first kappa shape index (κ1) is 31.9. The number of aliphatic hydroxyl groups excluding tert-OH is 1. The fraction of sp³-hybridized carbons (Fsp3) is 0.667. The third kappa shape index (κ3) is 7.10. The molecule has 0 radical (unpaired) electrons. The molecule has 2 amide bonds. The van der Waals surface area contributed by atoms with Gasteiger partial charge in [-0.15, -0.1) is 0 Å². The van der Waals surface area contributed by atoms with Crippen LogP contribution in [0.3, 0.4) is 0 Å². The van der Waals surface area contributed by atoms with Crippen LogP contribution in [0.25, 0.3) is 0 Å². The van der Waals surface area contributed by atoms with Crippen LogP contribution in [0.15, 0.2) is 35.0 Å². The molecule has 1 aromatic carbocycles. The third-order valence-electron chi connectivity index (χ3n) is 9.45. The zero-order valence-electron chi connectivity index (χ0n) is 26.4. The molecule has 1 aliphatic heterocycles. The van der Waals surface area contributed by atoms with Crippen molar-refractivity contribution >= 4 is 23.3 Å². The van der Waals surface area contributed by atoms with Gasteiger partial charge in [0.2, 0.25) is 5.91 Å². The average molecular weight is 582 g/mol. The van der Waals surface area contributed by atoms with Crippen molar-refractivity contribution in [3.63, 3.8) is 0 Å². The van der Waals surface area contributed by atoms with Gasteiger partial charge in [-0.25, -0.2) is 4.99 Å². The van der Waals surface area contributed by atoms with Gasteiger partial charge >= 0.3 is 0 Å². The van der Waals surface area contributed by atoms with E-state index in [0.29, 0.717) is 36.7 Å². The monoisotopic (exact) mass is 581 g/mol. The Bertz CT molecular complexity index is 1170. The molecule has 3 fully saturated rings. The minimum Gasteiger partial charge on any atom is -0.495 e. The highest BCUT2D eigenvalue weighted by Crippen LogP contribution is 2.36. The number of nitrogens with zero attached hydrogens (tertiary/aromatic N) is 3. The Labute approximate surface area is 251 Å². The molecule has 1 heterocycles. The van der Waals surface area contributed by atoms with Gasteiger partial charge in [0.25, 0.3) is 5.91 Å². The largest absolute Gasteiger partial charge is 0.495 e. The van der Waals surface area contributed by atoms with Gasteiger partial charge in [-0.05, 0) is 83.9 Å². The second kappa shape index (κ2) is 13.9. The molecule has 9 nitrogen and oxygen atoms in total. The summed E-state index contributed by atoms with van der Waals surface area (Å²) < 4.78 is 5.68. The summed E-state index contributed by atoms with van der Waals surface area (Å²) >= 11 is 0. The predicted molar refractivity (Wildman–Crippen MR) is 168 cm³/mol. The molecular formula is C33H51N5O4. The van der Waals surface area contributed by atoms with Crippen LogP contribution in [0.4, 0.5) is 5.69 Å². The maximum absolute atomic E-state index is 13.7. The highest BCUT2D eigenvalue weighted by Gasteiger charge is 2.44. The minimum atomic E-state index is -0.495. The number of hydrogen-bond donors (Lipinski definition) is 3. The third-order valence-corrected chi connectivity index (χ3v) is 9.45. The molecule has 232 valence electrons. The lowest BCUT2D eigenvalue weighted by Crippen LogP contribution is -2.47. The predicted octanol–water partition coefficient (Wildman–Crippen LogP) is 5.31. The average Bonchev–Trinajstić information content (AvgIpc) is 3.07. The van der Waals surface area contributed by atoms with E-state index >= 15 is 0 Å². The molecule has 1 aromatic rings. The summed E-state index contributed by atoms with van der Waals surface area (Å²) in [5, 5.41) is 16.3. The molecule has 3 aliphatic rings. The van der Waals surface area contributed by atoms with Crippen molar-refractivity contribution in [3.8, 4) is 5.75 Å². The Kier molecular flexibility index (Phi) is 10.6. The Morgan fingerprint density at radius 2 is 1.88 bits per heavy atom. The first-order chi connectivity index (χ1) is 20.1. The number of carbonyl (C=O) groups excluding carboxylic acids is 2. The number of ether oxygens (including phenoxy) is 1. The smallest absolute Gasteiger partial charge is 0.251 e. The van der Waals surface area contributed by atoms with Crippen molar-refractivity contribution < 1.29 is 19.4 Å². The molecule has 3 N–H and O–H groups in total. The van der Waals surface area contributed by atoms with Crippen molar-refractivity contribution in [3.05, 3.63) is 35.5 Å². The molecule has 0 bridgehead atoms. The van der Waals surface area contributed by atoms with Crippen molar-refractivity contribution in [2.24, 2.45) is 10.4 Å². The number of aliphatic imine (C=N–C) groups is 1. The Morgan fingerprint density at radius 1 is 1.19 bits per heavy atom. The first-order valence-corrected chi connectivity index (χ1v) is 15.8. The number of methoxy groups -OCH3 is 1. The van der Waals surface area contributed by atoms with E-state index in [9.17, 15) is 14.7 Å².